The fourth-order valence-electron chi connectivity index (χ4n) is 3.58. The molecule has 1 N–H and O–H groups in total. The smallest absolute Gasteiger partial charge is 0.156 e. The molecular weight excluding hydrogens is 312 g/mol. The fourth-order valence-corrected chi connectivity index (χ4v) is 3.58. The number of piperidine rings is 1. The third-order valence-corrected chi connectivity index (χ3v) is 4.91. The highest BCUT2D eigenvalue weighted by Gasteiger charge is 2.19. The predicted octanol–water partition coefficient (Wildman–Crippen LogP) is 3.86. The van der Waals surface area contributed by atoms with E-state index < -0.39 is 0 Å². The van der Waals surface area contributed by atoms with Crippen LogP contribution in [0.2, 0.25) is 0 Å². The van der Waals surface area contributed by atoms with E-state index >= 15 is 0 Å². The van der Waals surface area contributed by atoms with Gasteiger partial charge in [-0.2, -0.15) is 0 Å². The molecule has 5 heteroatoms. The molecule has 1 aliphatic rings. The van der Waals surface area contributed by atoms with Crippen molar-refractivity contribution in [1.82, 2.24) is 15.0 Å². The van der Waals surface area contributed by atoms with Gasteiger partial charge in [-0.15, -0.1) is 0 Å². The molecule has 0 aliphatic carbocycles. The second-order valence-corrected chi connectivity index (χ2v) is 6.70. The zero-order valence-electron chi connectivity index (χ0n) is 14.9. The van der Waals surface area contributed by atoms with Crippen LogP contribution in [0.3, 0.4) is 0 Å². The molecule has 0 radical (unpaired) electrons. The van der Waals surface area contributed by atoms with Crippen molar-refractivity contribution in [3.63, 3.8) is 0 Å². The van der Waals surface area contributed by atoms with E-state index in [-0.39, 0.29) is 0 Å². The van der Waals surface area contributed by atoms with E-state index in [1.165, 1.54) is 30.4 Å². The number of nitrogens with zero attached hydrogens (tertiary/aromatic N) is 3. The van der Waals surface area contributed by atoms with Gasteiger partial charge in [-0.1, -0.05) is 12.1 Å². The zero-order chi connectivity index (χ0) is 17.2. The Morgan fingerprint density at radius 2 is 1.84 bits per heavy atom. The van der Waals surface area contributed by atoms with Gasteiger partial charge in [0, 0.05) is 31.3 Å². The van der Waals surface area contributed by atoms with Crippen LogP contribution in [0.5, 0.6) is 5.75 Å². The third kappa shape index (κ3) is 3.18. The molecule has 5 nitrogen and oxygen atoms in total. The third-order valence-electron chi connectivity index (χ3n) is 4.91. The van der Waals surface area contributed by atoms with Gasteiger partial charge < -0.3 is 14.6 Å². The highest BCUT2D eigenvalue weighted by atomic mass is 16.5. The SMILES string of the molecule is COc1ccc(Cc2c[nH]c3c(N4CCCCC4)nc(C)nc23)cc1. The largest absolute Gasteiger partial charge is 0.497 e. The number of rotatable bonds is 4. The number of benzene rings is 1. The number of hydrogen-bond donors (Lipinski definition) is 1. The number of methoxy groups -OCH3 is 1. The van der Waals surface area contributed by atoms with Gasteiger partial charge in [-0.3, -0.25) is 0 Å². The molecule has 130 valence electrons. The Morgan fingerprint density at radius 1 is 1.08 bits per heavy atom. The first kappa shape index (κ1) is 15.9. The Morgan fingerprint density at radius 3 is 2.56 bits per heavy atom. The normalized spacial score (nSPS) is 14.9. The molecule has 2 aromatic heterocycles. The fraction of sp³-hybridized carbons (Fsp3) is 0.400. The van der Waals surface area contributed by atoms with E-state index in [0.29, 0.717) is 0 Å². The van der Waals surface area contributed by atoms with Crippen LogP contribution in [0.1, 0.15) is 36.2 Å². The number of hydrogen-bond acceptors (Lipinski definition) is 4. The minimum atomic E-state index is 0.837. The average molecular weight is 336 g/mol. The maximum atomic E-state index is 5.24. The first-order chi connectivity index (χ1) is 12.2. The summed E-state index contributed by atoms with van der Waals surface area (Å²) < 4.78 is 5.24. The Bertz CT molecular complexity index is 863. The molecule has 3 aromatic rings. The summed E-state index contributed by atoms with van der Waals surface area (Å²) in [6.07, 6.45) is 6.72. The Labute approximate surface area is 148 Å². The molecule has 0 saturated carbocycles. The molecule has 1 aliphatic heterocycles. The zero-order valence-corrected chi connectivity index (χ0v) is 14.9. The van der Waals surface area contributed by atoms with Crippen molar-refractivity contribution in [3.8, 4) is 5.75 Å². The highest BCUT2D eigenvalue weighted by Crippen LogP contribution is 2.29. The maximum absolute atomic E-state index is 5.24. The van der Waals surface area contributed by atoms with Gasteiger partial charge >= 0.3 is 0 Å². The number of aromatic nitrogens is 3. The number of anilines is 1. The minimum absolute atomic E-state index is 0.837. The monoisotopic (exact) mass is 336 g/mol. The average Bonchev–Trinajstić information content (AvgIpc) is 3.05. The molecule has 25 heavy (non-hydrogen) atoms. The standard InChI is InChI=1S/C20H24N4O/c1-14-22-18-16(12-15-6-8-17(25-2)9-7-15)13-21-19(18)20(23-14)24-10-4-3-5-11-24/h6-9,13,21H,3-5,10-12H2,1-2H3. The second kappa shape index (κ2) is 6.75. The number of fused-ring (bicyclic) bond motifs is 1. The Hall–Kier alpha value is -2.56. The number of nitrogens with one attached hydrogen (secondary N) is 1. The number of H-pyrrole nitrogens is 1. The van der Waals surface area contributed by atoms with E-state index in [4.69, 9.17) is 14.7 Å². The molecule has 0 atom stereocenters. The summed E-state index contributed by atoms with van der Waals surface area (Å²) in [6, 6.07) is 8.22. The van der Waals surface area contributed by atoms with E-state index in [1.54, 1.807) is 7.11 Å². The van der Waals surface area contributed by atoms with Crippen molar-refractivity contribution in [1.29, 1.82) is 0 Å². The first-order valence-electron chi connectivity index (χ1n) is 8.97. The van der Waals surface area contributed by atoms with Crippen LogP contribution in [0.15, 0.2) is 30.5 Å². The molecular formula is C20H24N4O. The first-order valence-corrected chi connectivity index (χ1v) is 8.97. The highest BCUT2D eigenvalue weighted by molar-refractivity contribution is 5.89. The van der Waals surface area contributed by atoms with Crippen LogP contribution in [0.25, 0.3) is 11.0 Å². The van der Waals surface area contributed by atoms with Gasteiger partial charge in [0.2, 0.25) is 0 Å². The molecule has 0 bridgehead atoms. The topological polar surface area (TPSA) is 54.0 Å². The summed E-state index contributed by atoms with van der Waals surface area (Å²) >= 11 is 0. The lowest BCUT2D eigenvalue weighted by molar-refractivity contribution is 0.414. The predicted molar refractivity (Wildman–Crippen MR) is 100 cm³/mol. The van der Waals surface area contributed by atoms with Gasteiger partial charge in [-0.25, -0.2) is 9.97 Å². The lowest BCUT2D eigenvalue weighted by Gasteiger charge is -2.28. The van der Waals surface area contributed by atoms with Crippen LogP contribution in [-0.4, -0.2) is 35.2 Å². The van der Waals surface area contributed by atoms with Gasteiger partial charge in [0.05, 0.1) is 12.6 Å². The van der Waals surface area contributed by atoms with Crippen molar-refractivity contribution >= 4 is 16.9 Å². The molecule has 4 rings (SSSR count). The van der Waals surface area contributed by atoms with Crippen LogP contribution < -0.4 is 9.64 Å². The molecule has 1 aromatic carbocycles. The van der Waals surface area contributed by atoms with E-state index in [9.17, 15) is 0 Å². The van der Waals surface area contributed by atoms with Crippen molar-refractivity contribution in [2.75, 3.05) is 25.1 Å². The van der Waals surface area contributed by atoms with Crippen molar-refractivity contribution in [2.45, 2.75) is 32.6 Å². The molecule has 1 fully saturated rings. The number of aryl methyl sites for hydroxylation is 1. The van der Waals surface area contributed by atoms with Crippen LogP contribution in [-0.2, 0) is 6.42 Å². The Balaban J connectivity index is 1.69. The molecule has 1 saturated heterocycles. The van der Waals surface area contributed by atoms with Gasteiger partial charge in [0.15, 0.2) is 5.82 Å². The lowest BCUT2D eigenvalue weighted by Crippen LogP contribution is -2.30. The van der Waals surface area contributed by atoms with Crippen molar-refractivity contribution < 1.29 is 4.74 Å². The van der Waals surface area contributed by atoms with Crippen LogP contribution >= 0.6 is 0 Å². The van der Waals surface area contributed by atoms with Crippen LogP contribution in [0.4, 0.5) is 5.82 Å². The minimum Gasteiger partial charge on any atom is -0.497 e. The Kier molecular flexibility index (Phi) is 4.30. The molecule has 3 heterocycles. The summed E-state index contributed by atoms with van der Waals surface area (Å²) in [6.45, 7) is 4.15. The maximum Gasteiger partial charge on any atom is 0.156 e. The van der Waals surface area contributed by atoms with E-state index in [0.717, 1.165) is 47.9 Å². The lowest BCUT2D eigenvalue weighted by atomic mass is 10.1. The quantitative estimate of drug-likeness (QED) is 0.786. The van der Waals surface area contributed by atoms with Gasteiger partial charge in [0.1, 0.15) is 17.1 Å². The summed E-state index contributed by atoms with van der Waals surface area (Å²) in [5.74, 6) is 2.78. The van der Waals surface area contributed by atoms with Gasteiger partial charge in [0.25, 0.3) is 0 Å². The number of ether oxygens (including phenoxy) is 1. The van der Waals surface area contributed by atoms with Crippen molar-refractivity contribution in [2.24, 2.45) is 0 Å². The molecule has 0 unspecified atom stereocenters. The second-order valence-electron chi connectivity index (χ2n) is 6.70. The summed E-state index contributed by atoms with van der Waals surface area (Å²) in [4.78, 5) is 15.3. The van der Waals surface area contributed by atoms with E-state index in [1.807, 2.05) is 19.1 Å². The molecule has 0 spiro atoms. The summed E-state index contributed by atoms with van der Waals surface area (Å²) in [5, 5.41) is 0. The summed E-state index contributed by atoms with van der Waals surface area (Å²) in [7, 11) is 1.69. The summed E-state index contributed by atoms with van der Waals surface area (Å²) in [5.41, 5.74) is 4.57. The van der Waals surface area contributed by atoms with Crippen LogP contribution in [0, 0.1) is 6.92 Å². The van der Waals surface area contributed by atoms with Gasteiger partial charge in [-0.05, 0) is 43.9 Å². The number of aromatic amines is 1. The van der Waals surface area contributed by atoms with E-state index in [2.05, 4.69) is 28.2 Å². The molecule has 0 amide bonds. The van der Waals surface area contributed by atoms with Crippen molar-refractivity contribution in [3.05, 3.63) is 47.4 Å².